The van der Waals surface area contributed by atoms with E-state index in [0.29, 0.717) is 0 Å². The van der Waals surface area contributed by atoms with Crippen LogP contribution >= 0.6 is 0 Å². The highest BCUT2D eigenvalue weighted by molar-refractivity contribution is 6.08. The molecule has 0 aliphatic heterocycles. The van der Waals surface area contributed by atoms with Crippen LogP contribution in [0.5, 0.6) is 0 Å². The van der Waals surface area contributed by atoms with Crippen LogP contribution in [0.25, 0.3) is 0 Å². The average Bonchev–Trinajstić information content (AvgIpc) is 2.45. The van der Waals surface area contributed by atoms with Crippen LogP contribution in [0.1, 0.15) is 27.7 Å². The predicted octanol–water partition coefficient (Wildman–Crippen LogP) is 0.922. The Bertz CT molecular complexity index is 334. The van der Waals surface area contributed by atoms with Crippen molar-refractivity contribution in [3.63, 3.8) is 0 Å². The highest BCUT2D eigenvalue weighted by Crippen LogP contribution is 2.20. The van der Waals surface area contributed by atoms with E-state index in [0.717, 1.165) is 0 Å². The zero-order valence-electron chi connectivity index (χ0n) is 13.3. The first-order valence-electron chi connectivity index (χ1n) is 7.15. The summed E-state index contributed by atoms with van der Waals surface area (Å²) in [6.45, 7) is 6.49. The lowest BCUT2D eigenvalue weighted by Crippen LogP contribution is -2.43. The number of hydrogen-bond acceptors (Lipinski definition) is 8. The van der Waals surface area contributed by atoms with Crippen LogP contribution in [0.2, 0.25) is 0 Å². The average molecular weight is 317 g/mol. The molecule has 1 atom stereocenters. The van der Waals surface area contributed by atoms with Crippen LogP contribution in [0.3, 0.4) is 0 Å². The Morgan fingerprint density at radius 1 is 0.682 bits per heavy atom. The van der Waals surface area contributed by atoms with Crippen LogP contribution in [0, 0.1) is 17.2 Å². The van der Waals surface area contributed by atoms with Gasteiger partial charge in [0.25, 0.3) is 0 Å². The summed E-state index contributed by atoms with van der Waals surface area (Å²) >= 11 is 0. The first kappa shape index (κ1) is 19.9. The minimum atomic E-state index is -1.63. The van der Waals surface area contributed by atoms with Crippen molar-refractivity contribution >= 4 is 23.8 Å². The number of carbonyl (C=O) groups is 3. The zero-order valence-corrected chi connectivity index (χ0v) is 13.3. The van der Waals surface area contributed by atoms with E-state index >= 15 is 0 Å². The summed E-state index contributed by atoms with van der Waals surface area (Å²) in [6, 6.07) is 0. The molecule has 0 aromatic rings. The SMILES string of the molecule is CCOC(=N)C(C(=O)OCC)C(C(=O)OCC)C(=O)OCC. The Morgan fingerprint density at radius 2 is 1.00 bits per heavy atom. The second-order valence-electron chi connectivity index (χ2n) is 4.01. The number of esters is 3. The van der Waals surface area contributed by atoms with Crippen molar-refractivity contribution in [2.45, 2.75) is 27.7 Å². The molecule has 0 amide bonds. The third-order valence-corrected chi connectivity index (χ3v) is 2.54. The van der Waals surface area contributed by atoms with Gasteiger partial charge < -0.3 is 18.9 Å². The van der Waals surface area contributed by atoms with Gasteiger partial charge in [-0.25, -0.2) is 0 Å². The maximum absolute atomic E-state index is 12.1. The van der Waals surface area contributed by atoms with Gasteiger partial charge in [-0.15, -0.1) is 0 Å². The standard InChI is InChI=1S/C14H23NO7/c1-5-19-11(15)9(12(16)20-6-2)10(13(17)21-7-3)14(18)22-8-4/h9-10,15H,5-8H2,1-4H3. The Kier molecular flexibility index (Phi) is 9.56. The van der Waals surface area contributed by atoms with Gasteiger partial charge >= 0.3 is 17.9 Å². The minimum Gasteiger partial charge on any atom is -0.481 e. The molecule has 0 aromatic carbocycles. The molecule has 126 valence electrons. The third-order valence-electron chi connectivity index (χ3n) is 2.54. The second kappa shape index (κ2) is 10.6. The van der Waals surface area contributed by atoms with Crippen molar-refractivity contribution in [1.29, 1.82) is 5.41 Å². The molecular formula is C14H23NO7. The lowest BCUT2D eigenvalue weighted by Gasteiger charge is -2.22. The Morgan fingerprint density at radius 3 is 1.32 bits per heavy atom. The smallest absolute Gasteiger partial charge is 0.321 e. The van der Waals surface area contributed by atoms with Gasteiger partial charge in [-0.05, 0) is 27.7 Å². The van der Waals surface area contributed by atoms with Gasteiger partial charge in [-0.1, -0.05) is 0 Å². The maximum Gasteiger partial charge on any atom is 0.321 e. The first-order chi connectivity index (χ1) is 10.4. The molecule has 0 aromatic heterocycles. The van der Waals surface area contributed by atoms with Crippen LogP contribution in [-0.4, -0.2) is 50.2 Å². The monoisotopic (exact) mass is 317 g/mol. The zero-order chi connectivity index (χ0) is 17.1. The molecule has 1 N–H and O–H groups in total. The van der Waals surface area contributed by atoms with E-state index in [9.17, 15) is 14.4 Å². The highest BCUT2D eigenvalue weighted by atomic mass is 16.6. The van der Waals surface area contributed by atoms with Crippen LogP contribution in [0.4, 0.5) is 0 Å². The predicted molar refractivity (Wildman–Crippen MR) is 76.2 cm³/mol. The number of carbonyl (C=O) groups excluding carboxylic acids is 3. The molecule has 0 aliphatic carbocycles. The van der Waals surface area contributed by atoms with E-state index in [1.165, 1.54) is 0 Å². The number of ether oxygens (including phenoxy) is 4. The maximum atomic E-state index is 12.1. The van der Waals surface area contributed by atoms with Crippen molar-refractivity contribution < 1.29 is 33.3 Å². The molecule has 8 nitrogen and oxygen atoms in total. The normalized spacial score (nSPS) is 11.5. The lowest BCUT2D eigenvalue weighted by molar-refractivity contribution is -0.169. The van der Waals surface area contributed by atoms with E-state index in [-0.39, 0.29) is 26.4 Å². The van der Waals surface area contributed by atoms with Crippen molar-refractivity contribution in [3.8, 4) is 0 Å². The van der Waals surface area contributed by atoms with E-state index in [1.807, 2.05) is 0 Å². The fourth-order valence-corrected chi connectivity index (χ4v) is 1.70. The van der Waals surface area contributed by atoms with Crippen LogP contribution < -0.4 is 0 Å². The third kappa shape index (κ3) is 5.71. The minimum absolute atomic E-state index is 0.0201. The topological polar surface area (TPSA) is 112 Å². The van der Waals surface area contributed by atoms with Crippen molar-refractivity contribution in [2.75, 3.05) is 26.4 Å². The molecule has 22 heavy (non-hydrogen) atoms. The van der Waals surface area contributed by atoms with Gasteiger partial charge in [0.1, 0.15) is 0 Å². The number of nitrogens with one attached hydrogen (secondary N) is 1. The van der Waals surface area contributed by atoms with Gasteiger partial charge in [0, 0.05) is 0 Å². The summed E-state index contributed by atoms with van der Waals surface area (Å²) in [5.74, 6) is -6.51. The molecule has 0 bridgehead atoms. The summed E-state index contributed by atoms with van der Waals surface area (Å²) in [6.07, 6.45) is 0. The molecular weight excluding hydrogens is 294 g/mol. The van der Waals surface area contributed by atoms with E-state index in [4.69, 9.17) is 24.4 Å². The molecule has 0 saturated carbocycles. The first-order valence-corrected chi connectivity index (χ1v) is 7.15. The highest BCUT2D eigenvalue weighted by Gasteiger charge is 2.46. The molecule has 0 fully saturated rings. The summed E-state index contributed by atoms with van der Waals surface area (Å²) in [5, 5.41) is 7.80. The molecule has 0 spiro atoms. The van der Waals surface area contributed by atoms with Gasteiger partial charge in [-0.2, -0.15) is 0 Å². The summed E-state index contributed by atoms with van der Waals surface area (Å²) < 4.78 is 19.4. The summed E-state index contributed by atoms with van der Waals surface area (Å²) in [5.41, 5.74) is 0. The molecule has 0 radical (unpaired) electrons. The van der Waals surface area contributed by atoms with Crippen LogP contribution in [-0.2, 0) is 33.3 Å². The molecule has 1 unspecified atom stereocenters. The van der Waals surface area contributed by atoms with E-state index in [2.05, 4.69) is 0 Å². The second-order valence-corrected chi connectivity index (χ2v) is 4.01. The molecule has 0 rings (SSSR count). The van der Waals surface area contributed by atoms with Crippen molar-refractivity contribution in [3.05, 3.63) is 0 Å². The quantitative estimate of drug-likeness (QED) is 0.221. The van der Waals surface area contributed by atoms with Gasteiger partial charge in [0.05, 0.1) is 26.4 Å². The fourth-order valence-electron chi connectivity index (χ4n) is 1.70. The lowest BCUT2D eigenvalue weighted by atomic mass is 9.91. The number of rotatable bonds is 9. The van der Waals surface area contributed by atoms with Gasteiger partial charge in [-0.3, -0.25) is 19.8 Å². The van der Waals surface area contributed by atoms with Crippen molar-refractivity contribution in [1.82, 2.24) is 0 Å². The summed E-state index contributed by atoms with van der Waals surface area (Å²) in [4.78, 5) is 36.1. The van der Waals surface area contributed by atoms with E-state index < -0.39 is 35.6 Å². The Hall–Kier alpha value is -2.12. The van der Waals surface area contributed by atoms with Gasteiger partial charge in [0.15, 0.2) is 17.7 Å². The summed E-state index contributed by atoms with van der Waals surface area (Å²) in [7, 11) is 0. The molecule has 8 heteroatoms. The van der Waals surface area contributed by atoms with E-state index in [1.54, 1.807) is 27.7 Å². The molecule has 0 aliphatic rings. The Labute approximate surface area is 129 Å². The number of hydrogen-bond donors (Lipinski definition) is 1. The van der Waals surface area contributed by atoms with Crippen molar-refractivity contribution in [2.24, 2.45) is 11.8 Å². The largest absolute Gasteiger partial charge is 0.481 e. The fraction of sp³-hybridized carbons (Fsp3) is 0.714. The molecule has 0 heterocycles. The molecule has 0 saturated heterocycles. The Balaban J connectivity index is 5.59. The van der Waals surface area contributed by atoms with Crippen LogP contribution in [0.15, 0.2) is 0 Å². The van der Waals surface area contributed by atoms with Gasteiger partial charge in [0.2, 0.25) is 0 Å².